The summed E-state index contributed by atoms with van der Waals surface area (Å²) in [6, 6.07) is 0.456. The average Bonchev–Trinajstić information content (AvgIpc) is 3.06. The maximum atomic E-state index is 12.6. The second-order valence-electron chi connectivity index (χ2n) is 6.71. The van der Waals surface area contributed by atoms with Crippen molar-refractivity contribution < 1.29 is 4.79 Å². The van der Waals surface area contributed by atoms with Gasteiger partial charge in [0, 0.05) is 6.04 Å². The van der Waals surface area contributed by atoms with Crippen molar-refractivity contribution in [2.75, 3.05) is 0 Å². The fraction of sp³-hybridized carbons (Fsp3) is 0.941. The Bertz CT molecular complexity index is 312. The molecule has 2 fully saturated rings. The van der Waals surface area contributed by atoms with E-state index < -0.39 is 0 Å². The van der Waals surface area contributed by atoms with Gasteiger partial charge in [0.2, 0.25) is 5.91 Å². The first-order chi connectivity index (χ1) is 9.69. The second-order valence-corrected chi connectivity index (χ2v) is 6.71. The Morgan fingerprint density at radius 3 is 2.55 bits per heavy atom. The van der Waals surface area contributed by atoms with Crippen molar-refractivity contribution in [3.8, 4) is 0 Å². The smallest absolute Gasteiger partial charge is 0.241 e. The van der Waals surface area contributed by atoms with Gasteiger partial charge in [0.1, 0.15) is 0 Å². The molecule has 0 aromatic heterocycles. The Morgan fingerprint density at radius 2 is 1.95 bits per heavy atom. The van der Waals surface area contributed by atoms with Gasteiger partial charge in [-0.05, 0) is 38.5 Å². The Balaban J connectivity index is 2.01. The first-order valence-electron chi connectivity index (χ1n) is 8.77. The number of nitrogens with zero attached hydrogens (tertiary/aromatic N) is 1. The van der Waals surface area contributed by atoms with Crippen molar-refractivity contribution in [3.05, 3.63) is 0 Å². The molecule has 0 spiro atoms. The molecular formula is C17H32N2O. The number of carbonyl (C=O) groups is 1. The number of unbranched alkanes of at least 4 members (excludes halogenated alkanes) is 2. The van der Waals surface area contributed by atoms with Crippen molar-refractivity contribution in [1.29, 1.82) is 0 Å². The monoisotopic (exact) mass is 280 g/mol. The van der Waals surface area contributed by atoms with Crippen LogP contribution in [0, 0.1) is 5.92 Å². The molecular weight excluding hydrogens is 248 g/mol. The zero-order valence-corrected chi connectivity index (χ0v) is 13.5. The molecule has 0 bridgehead atoms. The highest BCUT2D eigenvalue weighted by molar-refractivity contribution is 5.84. The standard InChI is InChI=1S/C17H32N2O/c1-4-6-7-10-13(3)19-16(14-11-8-9-12-14)18-15(5-2)17(19)20/h13-16,18H,4-12H2,1-3H3. The van der Waals surface area contributed by atoms with Crippen LogP contribution >= 0.6 is 0 Å². The highest BCUT2D eigenvalue weighted by atomic mass is 16.2. The van der Waals surface area contributed by atoms with Crippen molar-refractivity contribution >= 4 is 5.91 Å². The molecule has 1 heterocycles. The van der Waals surface area contributed by atoms with Gasteiger partial charge < -0.3 is 4.90 Å². The average molecular weight is 280 g/mol. The molecule has 1 aliphatic carbocycles. The molecule has 2 aliphatic rings. The summed E-state index contributed by atoms with van der Waals surface area (Å²) in [5, 5.41) is 3.63. The van der Waals surface area contributed by atoms with E-state index in [2.05, 4.69) is 31.0 Å². The Morgan fingerprint density at radius 1 is 1.25 bits per heavy atom. The van der Waals surface area contributed by atoms with Crippen LogP contribution in [0.15, 0.2) is 0 Å². The van der Waals surface area contributed by atoms with Crippen LogP contribution in [0.5, 0.6) is 0 Å². The van der Waals surface area contributed by atoms with Gasteiger partial charge in [0.05, 0.1) is 12.2 Å². The third kappa shape index (κ3) is 3.36. The Labute approximate surface area is 124 Å². The Kier molecular flexibility index (Phi) is 5.88. The number of amides is 1. The second kappa shape index (κ2) is 7.44. The van der Waals surface area contributed by atoms with Gasteiger partial charge in [-0.1, -0.05) is 46.0 Å². The number of hydrogen-bond acceptors (Lipinski definition) is 2. The summed E-state index contributed by atoms with van der Waals surface area (Å²) >= 11 is 0. The summed E-state index contributed by atoms with van der Waals surface area (Å²) in [5.74, 6) is 1.04. The zero-order chi connectivity index (χ0) is 14.5. The van der Waals surface area contributed by atoms with E-state index in [1.54, 1.807) is 0 Å². The first kappa shape index (κ1) is 15.8. The molecule has 3 atom stereocenters. The zero-order valence-electron chi connectivity index (χ0n) is 13.5. The minimum Gasteiger partial charge on any atom is -0.323 e. The summed E-state index contributed by atoms with van der Waals surface area (Å²) in [5.41, 5.74) is 0. The van der Waals surface area contributed by atoms with Crippen molar-refractivity contribution in [2.45, 2.75) is 96.8 Å². The van der Waals surface area contributed by atoms with Crippen LogP contribution < -0.4 is 5.32 Å². The molecule has 3 unspecified atom stereocenters. The van der Waals surface area contributed by atoms with Gasteiger partial charge in [-0.15, -0.1) is 0 Å². The number of nitrogens with one attached hydrogen (secondary N) is 1. The van der Waals surface area contributed by atoms with E-state index in [-0.39, 0.29) is 6.04 Å². The van der Waals surface area contributed by atoms with E-state index in [9.17, 15) is 4.79 Å². The highest BCUT2D eigenvalue weighted by Gasteiger charge is 2.44. The maximum Gasteiger partial charge on any atom is 0.241 e. The predicted molar refractivity (Wildman–Crippen MR) is 83.4 cm³/mol. The van der Waals surface area contributed by atoms with Crippen LogP contribution in [-0.4, -0.2) is 29.1 Å². The van der Waals surface area contributed by atoms with E-state index in [4.69, 9.17) is 0 Å². The van der Waals surface area contributed by atoms with Crippen LogP contribution in [0.3, 0.4) is 0 Å². The lowest BCUT2D eigenvalue weighted by molar-refractivity contribution is -0.132. The lowest BCUT2D eigenvalue weighted by Crippen LogP contribution is -2.47. The van der Waals surface area contributed by atoms with Crippen LogP contribution in [0.25, 0.3) is 0 Å². The third-order valence-electron chi connectivity index (χ3n) is 5.18. The van der Waals surface area contributed by atoms with Crippen LogP contribution in [0.2, 0.25) is 0 Å². The minimum atomic E-state index is 0.0641. The van der Waals surface area contributed by atoms with Gasteiger partial charge in [0.15, 0.2) is 0 Å². The molecule has 1 amide bonds. The van der Waals surface area contributed by atoms with Gasteiger partial charge in [-0.25, -0.2) is 0 Å². The highest BCUT2D eigenvalue weighted by Crippen LogP contribution is 2.34. The number of carbonyl (C=O) groups excluding carboxylic acids is 1. The fourth-order valence-electron chi connectivity index (χ4n) is 3.92. The van der Waals surface area contributed by atoms with Gasteiger partial charge in [-0.2, -0.15) is 0 Å². The number of rotatable bonds is 7. The Hall–Kier alpha value is -0.570. The quantitative estimate of drug-likeness (QED) is 0.721. The van der Waals surface area contributed by atoms with Gasteiger partial charge in [-0.3, -0.25) is 10.1 Å². The van der Waals surface area contributed by atoms with E-state index in [0.717, 1.165) is 12.8 Å². The van der Waals surface area contributed by atoms with Gasteiger partial charge >= 0.3 is 0 Å². The molecule has 1 N–H and O–H groups in total. The molecule has 0 radical (unpaired) electrons. The van der Waals surface area contributed by atoms with Crippen LogP contribution in [0.4, 0.5) is 0 Å². The van der Waals surface area contributed by atoms with E-state index in [1.807, 2.05) is 0 Å². The topological polar surface area (TPSA) is 32.3 Å². The molecule has 0 aromatic carbocycles. The van der Waals surface area contributed by atoms with E-state index >= 15 is 0 Å². The molecule has 1 aliphatic heterocycles. The number of hydrogen-bond donors (Lipinski definition) is 1. The molecule has 2 rings (SSSR count). The summed E-state index contributed by atoms with van der Waals surface area (Å²) in [7, 11) is 0. The fourth-order valence-corrected chi connectivity index (χ4v) is 3.92. The predicted octanol–water partition coefficient (Wildman–Crippen LogP) is 3.68. The van der Waals surface area contributed by atoms with Crippen molar-refractivity contribution in [1.82, 2.24) is 10.2 Å². The lowest BCUT2D eigenvalue weighted by Gasteiger charge is -2.34. The first-order valence-corrected chi connectivity index (χ1v) is 8.77. The maximum absolute atomic E-state index is 12.6. The van der Waals surface area contributed by atoms with Crippen molar-refractivity contribution in [3.63, 3.8) is 0 Å². The van der Waals surface area contributed by atoms with Crippen LogP contribution in [-0.2, 0) is 4.79 Å². The van der Waals surface area contributed by atoms with Crippen molar-refractivity contribution in [2.24, 2.45) is 5.92 Å². The SMILES string of the molecule is CCCCCC(C)N1C(=O)C(CC)NC1C1CCCC1. The molecule has 1 saturated heterocycles. The summed E-state index contributed by atoms with van der Waals surface area (Å²) in [6.45, 7) is 6.60. The molecule has 1 saturated carbocycles. The van der Waals surface area contributed by atoms with Gasteiger partial charge in [0.25, 0.3) is 0 Å². The molecule has 0 aromatic rings. The minimum absolute atomic E-state index is 0.0641. The summed E-state index contributed by atoms with van der Waals surface area (Å²) in [4.78, 5) is 14.8. The van der Waals surface area contributed by atoms with E-state index in [1.165, 1.54) is 44.9 Å². The molecule has 20 heavy (non-hydrogen) atoms. The lowest BCUT2D eigenvalue weighted by atomic mass is 10.0. The molecule has 3 nitrogen and oxygen atoms in total. The van der Waals surface area contributed by atoms with Crippen LogP contribution in [0.1, 0.15) is 78.6 Å². The normalized spacial score (nSPS) is 29.4. The van der Waals surface area contributed by atoms with E-state index in [0.29, 0.717) is 24.0 Å². The third-order valence-corrected chi connectivity index (χ3v) is 5.18. The molecule has 3 heteroatoms. The summed E-state index contributed by atoms with van der Waals surface area (Å²) in [6.07, 6.45) is 11.4. The summed E-state index contributed by atoms with van der Waals surface area (Å²) < 4.78 is 0. The molecule has 116 valence electrons. The largest absolute Gasteiger partial charge is 0.323 e.